The number of hydrogen-bond donors (Lipinski definition) is 2. The Hall–Kier alpha value is -3.02. The van der Waals surface area contributed by atoms with E-state index < -0.39 is 17.7 Å². The molecule has 3 aliphatic heterocycles. The first-order valence-electron chi connectivity index (χ1n) is 12.2. The van der Waals surface area contributed by atoms with Gasteiger partial charge in [0.15, 0.2) is 0 Å². The molecule has 1 aromatic rings. The fourth-order valence-electron chi connectivity index (χ4n) is 5.12. The molecular formula is C24H34ClN7O4. The van der Waals surface area contributed by atoms with Crippen molar-refractivity contribution in [3.05, 3.63) is 41.2 Å². The second-order valence-corrected chi connectivity index (χ2v) is 9.91. The number of carbonyl (C=O) groups excluding carboxylic acids is 3. The highest BCUT2D eigenvalue weighted by Gasteiger charge is 2.48. The van der Waals surface area contributed by atoms with Gasteiger partial charge >= 0.3 is 6.03 Å². The average molecular weight is 520 g/mol. The molecule has 1 aromatic carbocycles. The van der Waals surface area contributed by atoms with Gasteiger partial charge in [-0.05, 0) is 37.1 Å². The van der Waals surface area contributed by atoms with Crippen LogP contribution in [-0.2, 0) is 9.59 Å². The van der Waals surface area contributed by atoms with E-state index >= 15 is 0 Å². The molecular weight excluding hydrogens is 486 g/mol. The Bertz CT molecular complexity index is 1040. The first-order chi connectivity index (χ1) is 17.1. The maximum atomic E-state index is 13.9. The summed E-state index contributed by atoms with van der Waals surface area (Å²) in [5.41, 5.74) is 5.33. The van der Waals surface area contributed by atoms with E-state index in [1.165, 1.54) is 4.90 Å². The SMILES string of the molecule is CCC(O)(CC)C(C(=O)N1CCN(N2CN3CN(C)C=C3C2=O)CC1)N(C(N)=O)c1ccc(Cl)cc1. The van der Waals surface area contributed by atoms with E-state index in [0.717, 1.165) is 0 Å². The minimum Gasteiger partial charge on any atom is -0.387 e. The lowest BCUT2D eigenvalue weighted by Gasteiger charge is -2.45. The molecule has 1 unspecified atom stereocenters. The van der Waals surface area contributed by atoms with Gasteiger partial charge in [-0.3, -0.25) is 14.5 Å². The van der Waals surface area contributed by atoms with Crippen molar-refractivity contribution in [3.8, 4) is 0 Å². The molecule has 2 saturated heterocycles. The van der Waals surface area contributed by atoms with Crippen molar-refractivity contribution < 1.29 is 19.5 Å². The Balaban J connectivity index is 1.53. The van der Waals surface area contributed by atoms with Crippen molar-refractivity contribution in [3.63, 3.8) is 0 Å². The predicted octanol–water partition coefficient (Wildman–Crippen LogP) is 1.05. The average Bonchev–Trinajstić information content (AvgIpc) is 3.38. The van der Waals surface area contributed by atoms with Gasteiger partial charge in [-0.15, -0.1) is 0 Å². The monoisotopic (exact) mass is 519 g/mol. The number of fused-ring (bicyclic) bond motifs is 1. The van der Waals surface area contributed by atoms with Crippen LogP contribution in [0.4, 0.5) is 10.5 Å². The molecule has 36 heavy (non-hydrogen) atoms. The van der Waals surface area contributed by atoms with Gasteiger partial charge in [-0.1, -0.05) is 25.4 Å². The first-order valence-corrected chi connectivity index (χ1v) is 12.6. The number of amides is 4. The number of piperazine rings is 1. The molecule has 0 aromatic heterocycles. The molecule has 1 atom stereocenters. The van der Waals surface area contributed by atoms with Crippen LogP contribution in [0.15, 0.2) is 36.2 Å². The quantitative estimate of drug-likeness (QED) is 0.553. The Kier molecular flexibility index (Phi) is 7.35. The Labute approximate surface area is 216 Å². The van der Waals surface area contributed by atoms with E-state index in [9.17, 15) is 19.5 Å². The Morgan fingerprint density at radius 1 is 1.11 bits per heavy atom. The molecule has 11 nitrogen and oxygen atoms in total. The number of anilines is 1. The van der Waals surface area contributed by atoms with Crippen molar-refractivity contribution in [1.29, 1.82) is 0 Å². The fourth-order valence-corrected chi connectivity index (χ4v) is 5.24. The summed E-state index contributed by atoms with van der Waals surface area (Å²) in [5.74, 6) is -0.432. The van der Waals surface area contributed by atoms with E-state index in [1.807, 2.05) is 28.1 Å². The lowest BCUT2D eigenvalue weighted by Crippen LogP contribution is -2.65. The zero-order valence-electron chi connectivity index (χ0n) is 20.9. The minimum absolute atomic E-state index is 0.0500. The summed E-state index contributed by atoms with van der Waals surface area (Å²) in [6.07, 6.45) is 2.34. The van der Waals surface area contributed by atoms with Gasteiger partial charge in [0.05, 0.1) is 12.3 Å². The number of rotatable bonds is 7. The molecule has 4 rings (SSSR count). The second-order valence-electron chi connectivity index (χ2n) is 9.48. The van der Waals surface area contributed by atoms with Crippen molar-refractivity contribution in [1.82, 2.24) is 24.7 Å². The molecule has 196 valence electrons. The van der Waals surface area contributed by atoms with Gasteiger partial charge in [0.25, 0.3) is 5.91 Å². The third-order valence-electron chi connectivity index (χ3n) is 7.31. The van der Waals surface area contributed by atoms with Crippen molar-refractivity contribution in [2.24, 2.45) is 5.73 Å². The van der Waals surface area contributed by atoms with Crippen molar-refractivity contribution in [2.45, 2.75) is 38.3 Å². The number of hydrogen-bond acceptors (Lipinski definition) is 7. The number of urea groups is 1. The highest BCUT2D eigenvalue weighted by molar-refractivity contribution is 6.30. The Morgan fingerprint density at radius 2 is 1.72 bits per heavy atom. The smallest absolute Gasteiger partial charge is 0.320 e. The van der Waals surface area contributed by atoms with Gasteiger partial charge in [-0.2, -0.15) is 0 Å². The molecule has 4 amide bonds. The van der Waals surface area contributed by atoms with Gasteiger partial charge < -0.3 is 25.5 Å². The van der Waals surface area contributed by atoms with Crippen LogP contribution < -0.4 is 10.6 Å². The zero-order valence-corrected chi connectivity index (χ0v) is 21.7. The summed E-state index contributed by atoms with van der Waals surface area (Å²) >= 11 is 6.02. The van der Waals surface area contributed by atoms with Crippen LogP contribution in [0.5, 0.6) is 0 Å². The highest BCUT2D eigenvalue weighted by Crippen LogP contribution is 2.32. The van der Waals surface area contributed by atoms with Gasteiger partial charge in [-0.25, -0.2) is 14.8 Å². The van der Waals surface area contributed by atoms with Crippen molar-refractivity contribution >= 4 is 35.1 Å². The van der Waals surface area contributed by atoms with Gasteiger partial charge in [0, 0.05) is 50.1 Å². The molecule has 0 saturated carbocycles. The summed E-state index contributed by atoms with van der Waals surface area (Å²) in [7, 11) is 1.93. The molecule has 3 N–H and O–H groups in total. The van der Waals surface area contributed by atoms with E-state index in [-0.39, 0.29) is 24.7 Å². The summed E-state index contributed by atoms with van der Waals surface area (Å²) in [6, 6.07) is 4.38. The van der Waals surface area contributed by atoms with Crippen LogP contribution >= 0.6 is 11.6 Å². The van der Waals surface area contributed by atoms with E-state index in [0.29, 0.717) is 55.9 Å². The third-order valence-corrected chi connectivity index (χ3v) is 7.56. The number of nitrogens with two attached hydrogens (primary N) is 1. The van der Waals surface area contributed by atoms with Crippen molar-refractivity contribution in [2.75, 3.05) is 51.5 Å². The summed E-state index contributed by atoms with van der Waals surface area (Å²) in [5, 5.41) is 15.6. The number of primary amides is 1. The van der Waals surface area contributed by atoms with Gasteiger partial charge in [0.1, 0.15) is 18.4 Å². The lowest BCUT2D eigenvalue weighted by atomic mass is 9.86. The number of aliphatic hydroxyl groups is 1. The molecule has 0 bridgehead atoms. The second kappa shape index (κ2) is 10.2. The number of hydrazine groups is 1. The highest BCUT2D eigenvalue weighted by atomic mass is 35.5. The van der Waals surface area contributed by atoms with Crippen LogP contribution in [0, 0.1) is 0 Å². The fraction of sp³-hybridized carbons (Fsp3) is 0.542. The lowest BCUT2D eigenvalue weighted by molar-refractivity contribution is -0.151. The standard InChI is InChI=1S/C24H34ClN7O4/c1-4-24(36,5-2)20(32(23(26)35)18-8-6-17(25)7-9-18)22(34)28-10-12-30(13-11-28)31-16-29-15-27(3)14-19(29)21(31)33/h6-9,14,20,36H,4-5,10-13,15-16H2,1-3H3,(H2,26,35). The molecule has 0 aliphatic carbocycles. The third kappa shape index (κ3) is 4.70. The van der Waals surface area contributed by atoms with Crippen LogP contribution in [-0.4, -0.2) is 106 Å². The largest absolute Gasteiger partial charge is 0.387 e. The summed E-state index contributed by atoms with van der Waals surface area (Å²) < 4.78 is 0. The number of halogens is 1. The zero-order chi connectivity index (χ0) is 26.2. The molecule has 3 heterocycles. The van der Waals surface area contributed by atoms with E-state index in [1.54, 1.807) is 48.0 Å². The van der Waals surface area contributed by atoms with Crippen LogP contribution in [0.2, 0.25) is 5.02 Å². The summed E-state index contributed by atoms with van der Waals surface area (Å²) in [6.45, 7) is 6.29. The maximum absolute atomic E-state index is 13.9. The molecule has 2 fully saturated rings. The topological polar surface area (TPSA) is 117 Å². The number of benzene rings is 1. The minimum atomic E-state index is -1.49. The normalized spacial score (nSPS) is 19.5. The number of carbonyl (C=O) groups is 3. The molecule has 0 spiro atoms. The summed E-state index contributed by atoms with van der Waals surface area (Å²) in [4.78, 5) is 46.2. The van der Waals surface area contributed by atoms with Crippen LogP contribution in [0.25, 0.3) is 0 Å². The van der Waals surface area contributed by atoms with E-state index in [2.05, 4.69) is 0 Å². The Morgan fingerprint density at radius 3 is 2.25 bits per heavy atom. The van der Waals surface area contributed by atoms with Crippen LogP contribution in [0.1, 0.15) is 26.7 Å². The predicted molar refractivity (Wildman–Crippen MR) is 135 cm³/mol. The molecule has 12 heteroatoms. The molecule has 3 aliphatic rings. The number of nitrogens with zero attached hydrogens (tertiary/aromatic N) is 6. The van der Waals surface area contributed by atoms with Crippen LogP contribution in [0.3, 0.4) is 0 Å². The first kappa shape index (κ1) is 26.1. The maximum Gasteiger partial charge on any atom is 0.320 e. The van der Waals surface area contributed by atoms with E-state index in [4.69, 9.17) is 17.3 Å². The molecule has 0 radical (unpaired) electrons. The van der Waals surface area contributed by atoms with Gasteiger partial charge in [0.2, 0.25) is 5.91 Å².